The molecule has 0 spiro atoms. The van der Waals surface area contributed by atoms with E-state index in [0.29, 0.717) is 17.5 Å². The van der Waals surface area contributed by atoms with Crippen LogP contribution in [0.3, 0.4) is 0 Å². The largest absolute Gasteiger partial charge is 0.480 e. The van der Waals surface area contributed by atoms with Gasteiger partial charge in [-0.1, -0.05) is 19.8 Å². The lowest BCUT2D eigenvalue weighted by molar-refractivity contribution is -0.0731. The molecule has 1 aromatic rings. The number of nitrogens with two attached hydrogens (primary N) is 1. The Morgan fingerprint density at radius 1 is 1.37 bits per heavy atom. The monoisotopic (exact) mass is 265 g/mol. The normalized spacial score (nSPS) is 28.9. The van der Waals surface area contributed by atoms with Crippen LogP contribution >= 0.6 is 0 Å². The predicted molar refractivity (Wildman–Crippen MR) is 72.9 cm³/mol. The van der Waals surface area contributed by atoms with E-state index in [0.717, 1.165) is 19.3 Å². The molecule has 1 heterocycles. The molecule has 1 aromatic heterocycles. The zero-order chi connectivity index (χ0) is 13.9. The first kappa shape index (κ1) is 14.2. The first-order chi connectivity index (χ1) is 9.13. The van der Waals surface area contributed by atoms with Gasteiger partial charge in [-0.25, -0.2) is 4.98 Å². The highest BCUT2D eigenvalue weighted by atomic mass is 16.5. The minimum Gasteiger partial charge on any atom is -0.480 e. The number of methoxy groups -OCH3 is 2. The molecule has 3 atom stereocenters. The Morgan fingerprint density at radius 2 is 2.11 bits per heavy atom. The van der Waals surface area contributed by atoms with Gasteiger partial charge in [0.1, 0.15) is 5.69 Å². The van der Waals surface area contributed by atoms with Gasteiger partial charge >= 0.3 is 0 Å². The van der Waals surface area contributed by atoms with Crippen molar-refractivity contribution < 1.29 is 9.47 Å². The van der Waals surface area contributed by atoms with E-state index in [1.54, 1.807) is 26.6 Å². The SMILES string of the molecule is COc1nccnc1C(N)C1(OC)CCCC(C)C1. The smallest absolute Gasteiger partial charge is 0.237 e. The van der Waals surface area contributed by atoms with Crippen molar-refractivity contribution in [2.75, 3.05) is 14.2 Å². The summed E-state index contributed by atoms with van der Waals surface area (Å²) in [6.07, 6.45) is 7.52. The Kier molecular flexibility index (Phi) is 4.37. The van der Waals surface area contributed by atoms with Crippen LogP contribution in [-0.2, 0) is 4.74 Å². The van der Waals surface area contributed by atoms with Gasteiger partial charge in [-0.15, -0.1) is 0 Å². The molecule has 2 N–H and O–H groups in total. The van der Waals surface area contributed by atoms with Gasteiger partial charge in [-0.3, -0.25) is 4.98 Å². The minimum absolute atomic E-state index is 0.316. The molecule has 1 aliphatic rings. The summed E-state index contributed by atoms with van der Waals surface area (Å²) in [5.41, 5.74) is 6.77. The van der Waals surface area contributed by atoms with Gasteiger partial charge in [0.2, 0.25) is 5.88 Å². The summed E-state index contributed by atoms with van der Waals surface area (Å²) >= 11 is 0. The highest BCUT2D eigenvalue weighted by Crippen LogP contribution is 2.42. The van der Waals surface area contributed by atoms with Gasteiger partial charge in [0.15, 0.2) is 0 Å². The first-order valence-electron chi connectivity index (χ1n) is 6.78. The molecule has 0 amide bonds. The molecule has 0 aliphatic heterocycles. The summed E-state index contributed by atoms with van der Waals surface area (Å²) in [7, 11) is 3.32. The second-order valence-electron chi connectivity index (χ2n) is 5.40. The second kappa shape index (κ2) is 5.84. The van der Waals surface area contributed by atoms with E-state index in [-0.39, 0.29) is 11.6 Å². The van der Waals surface area contributed by atoms with Crippen molar-refractivity contribution in [2.24, 2.45) is 11.7 Å². The molecule has 1 fully saturated rings. The second-order valence-corrected chi connectivity index (χ2v) is 5.40. The van der Waals surface area contributed by atoms with E-state index < -0.39 is 0 Å². The van der Waals surface area contributed by atoms with Gasteiger partial charge in [-0.05, 0) is 18.8 Å². The van der Waals surface area contributed by atoms with E-state index in [9.17, 15) is 0 Å². The molecule has 3 unspecified atom stereocenters. The topological polar surface area (TPSA) is 70.3 Å². The molecule has 1 saturated carbocycles. The Morgan fingerprint density at radius 3 is 2.74 bits per heavy atom. The molecule has 19 heavy (non-hydrogen) atoms. The van der Waals surface area contributed by atoms with Gasteiger partial charge in [0.25, 0.3) is 0 Å². The number of hydrogen-bond acceptors (Lipinski definition) is 5. The van der Waals surface area contributed by atoms with Gasteiger partial charge < -0.3 is 15.2 Å². The molecule has 1 aliphatic carbocycles. The van der Waals surface area contributed by atoms with E-state index in [1.807, 2.05) is 0 Å². The number of ether oxygens (including phenoxy) is 2. The third-order valence-corrected chi connectivity index (χ3v) is 4.14. The van der Waals surface area contributed by atoms with Crippen molar-refractivity contribution in [1.82, 2.24) is 9.97 Å². The quantitative estimate of drug-likeness (QED) is 0.902. The maximum absolute atomic E-state index is 6.45. The maximum Gasteiger partial charge on any atom is 0.237 e. The molecule has 5 nitrogen and oxygen atoms in total. The number of hydrogen-bond donors (Lipinski definition) is 1. The molecule has 5 heteroatoms. The standard InChI is InChI=1S/C14H23N3O2/c1-10-5-4-6-14(9-10,19-3)12(15)11-13(18-2)17-8-7-16-11/h7-8,10,12H,4-6,9,15H2,1-3H3. The summed E-state index contributed by atoms with van der Waals surface area (Å²) in [6, 6.07) is -0.316. The highest BCUT2D eigenvalue weighted by molar-refractivity contribution is 5.24. The number of rotatable bonds is 4. The van der Waals surface area contributed by atoms with Crippen molar-refractivity contribution in [2.45, 2.75) is 44.2 Å². The first-order valence-corrected chi connectivity index (χ1v) is 6.78. The molecule has 0 radical (unpaired) electrons. The van der Waals surface area contributed by atoms with Crippen LogP contribution in [0.4, 0.5) is 0 Å². The molecular formula is C14H23N3O2. The van der Waals surface area contributed by atoms with E-state index >= 15 is 0 Å². The molecule has 106 valence electrons. The van der Waals surface area contributed by atoms with E-state index in [1.165, 1.54) is 6.42 Å². The molecule has 0 saturated heterocycles. The molecule has 0 bridgehead atoms. The van der Waals surface area contributed by atoms with Gasteiger partial charge in [-0.2, -0.15) is 0 Å². The maximum atomic E-state index is 6.45. The van der Waals surface area contributed by atoms with Crippen molar-refractivity contribution in [3.05, 3.63) is 18.1 Å². The fourth-order valence-corrected chi connectivity index (χ4v) is 3.09. The van der Waals surface area contributed by atoms with Gasteiger partial charge in [0, 0.05) is 19.5 Å². The third kappa shape index (κ3) is 2.72. The average molecular weight is 265 g/mol. The summed E-state index contributed by atoms with van der Waals surface area (Å²) in [4.78, 5) is 8.53. The van der Waals surface area contributed by atoms with E-state index in [2.05, 4.69) is 16.9 Å². The Balaban J connectivity index is 2.32. The summed E-state index contributed by atoms with van der Waals surface area (Å²) in [5.74, 6) is 1.10. The van der Waals surface area contributed by atoms with Crippen LogP contribution in [0.1, 0.15) is 44.3 Å². The lowest BCUT2D eigenvalue weighted by Gasteiger charge is -2.42. The minimum atomic E-state index is -0.360. The Labute approximate surface area is 114 Å². The van der Waals surface area contributed by atoms with Crippen LogP contribution in [0.5, 0.6) is 5.88 Å². The van der Waals surface area contributed by atoms with Crippen LogP contribution < -0.4 is 10.5 Å². The number of aromatic nitrogens is 2. The van der Waals surface area contributed by atoms with Crippen molar-refractivity contribution in [3.63, 3.8) is 0 Å². The van der Waals surface area contributed by atoms with Crippen LogP contribution in [0.25, 0.3) is 0 Å². The molecular weight excluding hydrogens is 242 g/mol. The lowest BCUT2D eigenvalue weighted by Crippen LogP contribution is -2.46. The lowest BCUT2D eigenvalue weighted by atomic mass is 9.74. The van der Waals surface area contributed by atoms with Crippen LogP contribution in [-0.4, -0.2) is 29.8 Å². The average Bonchev–Trinajstić information content (AvgIpc) is 2.46. The molecule has 2 rings (SSSR count). The van der Waals surface area contributed by atoms with Crippen molar-refractivity contribution >= 4 is 0 Å². The van der Waals surface area contributed by atoms with Crippen molar-refractivity contribution in [1.29, 1.82) is 0 Å². The Bertz CT molecular complexity index is 427. The fourth-order valence-electron chi connectivity index (χ4n) is 3.09. The van der Waals surface area contributed by atoms with Gasteiger partial charge in [0.05, 0.1) is 18.8 Å². The highest BCUT2D eigenvalue weighted by Gasteiger charge is 2.43. The number of nitrogens with zero attached hydrogens (tertiary/aromatic N) is 2. The predicted octanol–water partition coefficient (Wildman–Crippen LogP) is 2.08. The zero-order valence-electron chi connectivity index (χ0n) is 11.9. The summed E-state index contributed by atoms with van der Waals surface area (Å²) in [6.45, 7) is 2.24. The molecule has 0 aromatic carbocycles. The van der Waals surface area contributed by atoms with Crippen LogP contribution in [0, 0.1) is 5.92 Å². The van der Waals surface area contributed by atoms with Crippen molar-refractivity contribution in [3.8, 4) is 5.88 Å². The summed E-state index contributed by atoms with van der Waals surface area (Å²) < 4.78 is 11.1. The Hall–Kier alpha value is -1.20. The third-order valence-electron chi connectivity index (χ3n) is 4.14. The zero-order valence-corrected chi connectivity index (χ0v) is 11.9. The fraction of sp³-hybridized carbons (Fsp3) is 0.714. The van der Waals surface area contributed by atoms with Crippen LogP contribution in [0.15, 0.2) is 12.4 Å². The van der Waals surface area contributed by atoms with E-state index in [4.69, 9.17) is 15.2 Å². The summed E-state index contributed by atoms with van der Waals surface area (Å²) in [5, 5.41) is 0. The van der Waals surface area contributed by atoms with Crippen LogP contribution in [0.2, 0.25) is 0 Å².